The first-order valence-electron chi connectivity index (χ1n) is 5.60. The van der Waals surface area contributed by atoms with E-state index >= 15 is 0 Å². The molecule has 0 saturated carbocycles. The van der Waals surface area contributed by atoms with Gasteiger partial charge in [0.05, 0.1) is 5.25 Å². The van der Waals surface area contributed by atoms with Crippen LogP contribution in [0.1, 0.15) is 40.5 Å². The Kier molecular flexibility index (Phi) is 6.40. The molecule has 3 N–H and O–H groups in total. The van der Waals surface area contributed by atoms with Crippen molar-refractivity contribution in [1.82, 2.24) is 4.72 Å². The zero-order valence-corrected chi connectivity index (χ0v) is 11.0. The normalized spacial score (nSPS) is 16.7. The number of hydrogen-bond acceptors (Lipinski definition) is 3. The molecule has 15 heavy (non-hydrogen) atoms. The Morgan fingerprint density at radius 1 is 1.20 bits per heavy atom. The molecule has 0 bridgehead atoms. The molecule has 0 rings (SSSR count). The predicted molar refractivity (Wildman–Crippen MR) is 64.1 cm³/mol. The van der Waals surface area contributed by atoms with E-state index in [2.05, 4.69) is 18.6 Å². The molecule has 4 nitrogen and oxygen atoms in total. The lowest BCUT2D eigenvalue weighted by Crippen LogP contribution is -2.44. The van der Waals surface area contributed by atoms with Crippen LogP contribution in [-0.2, 0) is 10.0 Å². The lowest BCUT2D eigenvalue weighted by atomic mass is 9.96. The molecule has 5 heteroatoms. The van der Waals surface area contributed by atoms with Crippen molar-refractivity contribution in [3.63, 3.8) is 0 Å². The zero-order valence-electron chi connectivity index (χ0n) is 10.2. The van der Waals surface area contributed by atoms with Gasteiger partial charge in [-0.25, -0.2) is 13.1 Å². The SMILES string of the molecule is CCC(CC)C(C)NS(=O)(=O)C(C)CN. The number of hydrogen-bond donors (Lipinski definition) is 2. The second-order valence-electron chi connectivity index (χ2n) is 4.07. The van der Waals surface area contributed by atoms with Crippen molar-refractivity contribution in [2.24, 2.45) is 11.7 Å². The quantitative estimate of drug-likeness (QED) is 0.694. The molecule has 2 unspecified atom stereocenters. The largest absolute Gasteiger partial charge is 0.329 e. The van der Waals surface area contributed by atoms with Crippen LogP contribution in [0.3, 0.4) is 0 Å². The van der Waals surface area contributed by atoms with Crippen molar-refractivity contribution in [3.8, 4) is 0 Å². The Balaban J connectivity index is 4.45. The Hall–Kier alpha value is -0.130. The van der Waals surface area contributed by atoms with Gasteiger partial charge in [-0.2, -0.15) is 0 Å². The van der Waals surface area contributed by atoms with Gasteiger partial charge in [0, 0.05) is 12.6 Å². The van der Waals surface area contributed by atoms with E-state index in [1.165, 1.54) is 0 Å². The van der Waals surface area contributed by atoms with Crippen LogP contribution in [0.15, 0.2) is 0 Å². The fourth-order valence-corrected chi connectivity index (χ4v) is 2.79. The summed E-state index contributed by atoms with van der Waals surface area (Å²) < 4.78 is 26.1. The number of sulfonamides is 1. The standard InChI is InChI=1S/C10H24N2O2S/c1-5-10(6-2)9(4)12-15(13,14)8(3)7-11/h8-10,12H,5-7,11H2,1-4H3. The van der Waals surface area contributed by atoms with Gasteiger partial charge < -0.3 is 5.73 Å². The third-order valence-electron chi connectivity index (χ3n) is 2.97. The average Bonchev–Trinajstić information content (AvgIpc) is 2.17. The van der Waals surface area contributed by atoms with E-state index in [0.717, 1.165) is 12.8 Å². The Labute approximate surface area is 93.7 Å². The van der Waals surface area contributed by atoms with Gasteiger partial charge in [0.1, 0.15) is 0 Å². The molecule has 2 atom stereocenters. The highest BCUT2D eigenvalue weighted by Gasteiger charge is 2.24. The van der Waals surface area contributed by atoms with Gasteiger partial charge in [-0.3, -0.25) is 0 Å². The van der Waals surface area contributed by atoms with E-state index in [1.807, 2.05) is 6.92 Å². The molecule has 0 spiro atoms. The summed E-state index contributed by atoms with van der Waals surface area (Å²) in [6.07, 6.45) is 1.97. The van der Waals surface area contributed by atoms with Crippen molar-refractivity contribution in [3.05, 3.63) is 0 Å². The summed E-state index contributed by atoms with van der Waals surface area (Å²) in [6.45, 7) is 7.85. The summed E-state index contributed by atoms with van der Waals surface area (Å²) in [5.41, 5.74) is 5.36. The Morgan fingerprint density at radius 2 is 1.67 bits per heavy atom. The van der Waals surface area contributed by atoms with E-state index in [9.17, 15) is 8.42 Å². The molecule has 0 fully saturated rings. The first-order chi connectivity index (χ1) is 6.88. The summed E-state index contributed by atoms with van der Waals surface area (Å²) in [6, 6.07) is -0.0148. The van der Waals surface area contributed by atoms with Crippen molar-refractivity contribution in [1.29, 1.82) is 0 Å². The van der Waals surface area contributed by atoms with Crippen LogP contribution in [0, 0.1) is 5.92 Å². The minimum absolute atomic E-state index is 0.0148. The van der Waals surface area contributed by atoms with Crippen molar-refractivity contribution in [2.75, 3.05) is 6.54 Å². The Morgan fingerprint density at radius 3 is 2.00 bits per heavy atom. The summed E-state index contributed by atoms with van der Waals surface area (Å²) in [4.78, 5) is 0. The van der Waals surface area contributed by atoms with Gasteiger partial charge in [-0.05, 0) is 19.8 Å². The maximum Gasteiger partial charge on any atom is 0.215 e. The smallest absolute Gasteiger partial charge is 0.215 e. The minimum atomic E-state index is -3.25. The maximum absolute atomic E-state index is 11.7. The molecule has 0 aromatic rings. The lowest BCUT2D eigenvalue weighted by molar-refractivity contribution is 0.389. The molecule has 0 heterocycles. The highest BCUT2D eigenvalue weighted by Crippen LogP contribution is 2.14. The van der Waals surface area contributed by atoms with Crippen LogP contribution in [0.4, 0.5) is 0 Å². The van der Waals surface area contributed by atoms with Crippen LogP contribution in [0.5, 0.6) is 0 Å². The molecular weight excluding hydrogens is 212 g/mol. The van der Waals surface area contributed by atoms with Gasteiger partial charge in [0.15, 0.2) is 0 Å². The van der Waals surface area contributed by atoms with Gasteiger partial charge in [0.25, 0.3) is 0 Å². The van der Waals surface area contributed by atoms with Crippen molar-refractivity contribution in [2.45, 2.75) is 51.8 Å². The third kappa shape index (κ3) is 4.49. The van der Waals surface area contributed by atoms with Crippen molar-refractivity contribution < 1.29 is 8.42 Å². The molecule has 0 aromatic carbocycles. The van der Waals surface area contributed by atoms with Crippen LogP contribution in [0.2, 0.25) is 0 Å². The lowest BCUT2D eigenvalue weighted by Gasteiger charge is -2.24. The second kappa shape index (κ2) is 6.45. The predicted octanol–water partition coefficient (Wildman–Crippen LogP) is 1.08. The molecule has 0 aliphatic heterocycles. The fraction of sp³-hybridized carbons (Fsp3) is 1.00. The van der Waals surface area contributed by atoms with Gasteiger partial charge in [0.2, 0.25) is 10.0 Å². The van der Waals surface area contributed by atoms with E-state index in [1.54, 1.807) is 6.92 Å². The van der Waals surface area contributed by atoms with Crippen molar-refractivity contribution >= 4 is 10.0 Å². The van der Waals surface area contributed by atoms with Crippen LogP contribution < -0.4 is 10.5 Å². The third-order valence-corrected chi connectivity index (χ3v) is 4.92. The zero-order chi connectivity index (χ0) is 12.1. The summed E-state index contributed by atoms with van der Waals surface area (Å²) in [7, 11) is -3.25. The van der Waals surface area contributed by atoms with Crippen LogP contribution >= 0.6 is 0 Å². The molecule has 0 aliphatic rings. The monoisotopic (exact) mass is 236 g/mol. The molecule has 0 aliphatic carbocycles. The summed E-state index contributed by atoms with van der Waals surface area (Å²) >= 11 is 0. The highest BCUT2D eigenvalue weighted by molar-refractivity contribution is 7.90. The molecule has 0 radical (unpaired) electrons. The highest BCUT2D eigenvalue weighted by atomic mass is 32.2. The van der Waals surface area contributed by atoms with Crippen LogP contribution in [-0.4, -0.2) is 26.3 Å². The van der Waals surface area contributed by atoms with E-state index in [0.29, 0.717) is 5.92 Å². The van der Waals surface area contributed by atoms with Gasteiger partial charge >= 0.3 is 0 Å². The molecule has 0 aromatic heterocycles. The molecular formula is C10H24N2O2S. The van der Waals surface area contributed by atoms with Gasteiger partial charge in [-0.15, -0.1) is 0 Å². The maximum atomic E-state index is 11.7. The minimum Gasteiger partial charge on any atom is -0.329 e. The Bertz CT molecular complexity index is 261. The van der Waals surface area contributed by atoms with Gasteiger partial charge in [-0.1, -0.05) is 26.7 Å². The molecule has 92 valence electrons. The number of nitrogens with one attached hydrogen (secondary N) is 1. The topological polar surface area (TPSA) is 72.2 Å². The number of rotatable bonds is 7. The van der Waals surface area contributed by atoms with E-state index in [4.69, 9.17) is 5.73 Å². The summed E-state index contributed by atoms with van der Waals surface area (Å²) in [5, 5.41) is -0.519. The molecule has 0 saturated heterocycles. The second-order valence-corrected chi connectivity index (χ2v) is 6.20. The molecule has 0 amide bonds. The first kappa shape index (κ1) is 14.9. The fourth-order valence-electron chi connectivity index (χ4n) is 1.59. The number of nitrogens with two attached hydrogens (primary N) is 1. The van der Waals surface area contributed by atoms with E-state index in [-0.39, 0.29) is 12.6 Å². The van der Waals surface area contributed by atoms with E-state index < -0.39 is 15.3 Å². The summed E-state index contributed by atoms with van der Waals surface area (Å²) in [5.74, 6) is 0.393. The average molecular weight is 236 g/mol. The first-order valence-corrected chi connectivity index (χ1v) is 7.14. The van der Waals surface area contributed by atoms with Crippen LogP contribution in [0.25, 0.3) is 0 Å².